The molecule has 4 heteroatoms. The molecule has 0 fully saturated rings. The van der Waals surface area contributed by atoms with Gasteiger partial charge in [0.25, 0.3) is 5.91 Å². The number of carbonyl (C=O) groups is 1. The Morgan fingerprint density at radius 1 is 0.794 bits per heavy atom. The van der Waals surface area contributed by atoms with E-state index in [1.165, 1.54) is 0 Å². The molecule has 0 spiro atoms. The number of fused-ring (bicyclic) bond motifs is 3. The maximum absolute atomic E-state index is 14.0. The van der Waals surface area contributed by atoms with Crippen molar-refractivity contribution in [3.05, 3.63) is 120 Å². The van der Waals surface area contributed by atoms with Crippen molar-refractivity contribution in [3.63, 3.8) is 0 Å². The zero-order valence-corrected chi connectivity index (χ0v) is 18.7. The number of nitrogens with zero attached hydrogens (tertiary/aromatic N) is 1. The van der Waals surface area contributed by atoms with Crippen LogP contribution in [0, 0.1) is 0 Å². The van der Waals surface area contributed by atoms with Crippen LogP contribution in [0.4, 0.5) is 5.69 Å². The van der Waals surface area contributed by atoms with Gasteiger partial charge >= 0.3 is 0 Å². The Morgan fingerprint density at radius 3 is 2.06 bits per heavy atom. The summed E-state index contributed by atoms with van der Waals surface area (Å²) in [6.45, 7) is 0.342. The minimum absolute atomic E-state index is 0.342. The molecule has 5 aromatic carbocycles. The van der Waals surface area contributed by atoms with E-state index in [0.29, 0.717) is 29.1 Å². The molecule has 5 aromatic rings. The third-order valence-corrected chi connectivity index (χ3v) is 6.83. The molecule has 0 saturated carbocycles. The van der Waals surface area contributed by atoms with Crippen LogP contribution in [0.3, 0.4) is 0 Å². The smallest absolute Gasteiger partial charge is 0.268 e. The van der Waals surface area contributed by atoms with Crippen LogP contribution in [0.1, 0.15) is 16.7 Å². The third-order valence-electron chi connectivity index (χ3n) is 6.83. The summed E-state index contributed by atoms with van der Waals surface area (Å²) in [6, 6.07) is 33.2. The summed E-state index contributed by atoms with van der Waals surface area (Å²) in [6.07, 6.45) is 0. The zero-order valence-electron chi connectivity index (χ0n) is 18.7. The van der Waals surface area contributed by atoms with Gasteiger partial charge in [-0.1, -0.05) is 78.9 Å². The number of anilines is 1. The van der Waals surface area contributed by atoms with Gasteiger partial charge in [-0.2, -0.15) is 0 Å². The van der Waals surface area contributed by atoms with Gasteiger partial charge < -0.3 is 14.7 Å². The monoisotopic (exact) mass is 445 g/mol. The van der Waals surface area contributed by atoms with Crippen LogP contribution < -0.4 is 9.64 Å². The normalized spacial score (nSPS) is 17.4. The lowest BCUT2D eigenvalue weighted by Crippen LogP contribution is -2.40. The quantitative estimate of drug-likeness (QED) is 0.357. The highest BCUT2D eigenvalue weighted by atomic mass is 16.5. The largest absolute Gasteiger partial charge is 0.497 e. The van der Waals surface area contributed by atoms with Crippen molar-refractivity contribution in [2.75, 3.05) is 12.0 Å². The van der Waals surface area contributed by atoms with Gasteiger partial charge in [0.1, 0.15) is 5.75 Å². The molecule has 6 rings (SSSR count). The van der Waals surface area contributed by atoms with Crippen molar-refractivity contribution in [3.8, 4) is 5.75 Å². The molecule has 1 atom stereocenters. The van der Waals surface area contributed by atoms with E-state index in [0.717, 1.165) is 27.1 Å². The molecule has 1 N–H and O–H groups in total. The number of ether oxygens (including phenoxy) is 1. The van der Waals surface area contributed by atoms with Gasteiger partial charge in [-0.05, 0) is 56.9 Å². The highest BCUT2D eigenvalue weighted by Crippen LogP contribution is 2.47. The van der Waals surface area contributed by atoms with E-state index in [2.05, 4.69) is 30.3 Å². The van der Waals surface area contributed by atoms with Crippen molar-refractivity contribution in [1.29, 1.82) is 0 Å². The average Bonchev–Trinajstić information content (AvgIpc) is 3.11. The second-order valence-electron chi connectivity index (χ2n) is 8.65. The van der Waals surface area contributed by atoms with Gasteiger partial charge in [0.2, 0.25) is 0 Å². The minimum atomic E-state index is -1.79. The number of carbonyl (C=O) groups excluding carboxylic acids is 1. The lowest BCUT2D eigenvalue weighted by molar-refractivity contribution is -0.132. The van der Waals surface area contributed by atoms with Crippen LogP contribution >= 0.6 is 0 Å². The Kier molecular flexibility index (Phi) is 4.64. The van der Waals surface area contributed by atoms with Crippen molar-refractivity contribution < 1.29 is 14.6 Å². The highest BCUT2D eigenvalue weighted by molar-refractivity contribution is 6.10. The summed E-state index contributed by atoms with van der Waals surface area (Å²) in [5.41, 5.74) is 1.04. The first-order valence-electron chi connectivity index (χ1n) is 11.3. The number of hydrogen-bond donors (Lipinski definition) is 1. The molecule has 166 valence electrons. The van der Waals surface area contributed by atoms with Crippen molar-refractivity contribution in [1.82, 2.24) is 0 Å². The molecule has 0 unspecified atom stereocenters. The van der Waals surface area contributed by atoms with E-state index in [-0.39, 0.29) is 5.91 Å². The van der Waals surface area contributed by atoms with Crippen molar-refractivity contribution in [2.24, 2.45) is 0 Å². The molecule has 0 radical (unpaired) electrons. The van der Waals surface area contributed by atoms with Crippen molar-refractivity contribution in [2.45, 2.75) is 12.1 Å². The molecule has 0 bridgehead atoms. The fraction of sp³-hybridized carbons (Fsp3) is 0.100. The first-order chi connectivity index (χ1) is 16.6. The number of benzene rings is 5. The molecule has 34 heavy (non-hydrogen) atoms. The van der Waals surface area contributed by atoms with E-state index in [1.54, 1.807) is 30.2 Å². The third kappa shape index (κ3) is 2.93. The fourth-order valence-corrected chi connectivity index (χ4v) is 5.14. The number of amides is 1. The Bertz CT molecular complexity index is 1510. The van der Waals surface area contributed by atoms with E-state index in [1.807, 2.05) is 54.6 Å². The first kappa shape index (κ1) is 20.5. The fourth-order valence-electron chi connectivity index (χ4n) is 5.14. The van der Waals surface area contributed by atoms with Crippen LogP contribution in [0.25, 0.3) is 21.5 Å². The SMILES string of the molecule is COc1ccc2c(c1)[C@](O)(c1ccccc1)C(=O)N2Cc1c2ccccc2cc2ccccc12. The Labute approximate surface area is 197 Å². The summed E-state index contributed by atoms with van der Waals surface area (Å²) in [5.74, 6) is 0.234. The summed E-state index contributed by atoms with van der Waals surface area (Å²) in [4.78, 5) is 15.7. The van der Waals surface area contributed by atoms with Crippen LogP contribution in [0.2, 0.25) is 0 Å². The average molecular weight is 446 g/mol. The first-order valence-corrected chi connectivity index (χ1v) is 11.3. The molecule has 0 saturated heterocycles. The minimum Gasteiger partial charge on any atom is -0.497 e. The lowest BCUT2D eigenvalue weighted by Gasteiger charge is -2.24. The molecule has 1 heterocycles. The van der Waals surface area contributed by atoms with Gasteiger partial charge in [0, 0.05) is 5.56 Å². The van der Waals surface area contributed by atoms with Crippen LogP contribution in [0.15, 0.2) is 103 Å². The van der Waals surface area contributed by atoms with Gasteiger partial charge in [0.15, 0.2) is 5.60 Å². The Balaban J connectivity index is 1.57. The maximum atomic E-state index is 14.0. The molecule has 1 aliphatic heterocycles. The number of aliphatic hydroxyl groups is 1. The zero-order chi connectivity index (χ0) is 23.3. The molecule has 1 aliphatic rings. The molecule has 1 amide bonds. The van der Waals surface area contributed by atoms with Crippen LogP contribution in [0.5, 0.6) is 5.75 Å². The predicted octanol–water partition coefficient (Wildman–Crippen LogP) is 5.78. The second kappa shape index (κ2) is 7.72. The van der Waals surface area contributed by atoms with Gasteiger partial charge in [-0.15, -0.1) is 0 Å². The van der Waals surface area contributed by atoms with Gasteiger partial charge in [0.05, 0.1) is 19.3 Å². The molecular formula is C30H23NO3. The summed E-state index contributed by atoms with van der Waals surface area (Å²) in [7, 11) is 1.58. The van der Waals surface area contributed by atoms with Gasteiger partial charge in [-0.3, -0.25) is 4.79 Å². The molecule has 0 aromatic heterocycles. The predicted molar refractivity (Wildman–Crippen MR) is 135 cm³/mol. The van der Waals surface area contributed by atoms with E-state index in [4.69, 9.17) is 4.74 Å². The lowest BCUT2D eigenvalue weighted by atomic mass is 9.87. The highest BCUT2D eigenvalue weighted by Gasteiger charge is 2.51. The topological polar surface area (TPSA) is 49.8 Å². The van der Waals surface area contributed by atoms with E-state index < -0.39 is 5.60 Å². The maximum Gasteiger partial charge on any atom is 0.268 e. The number of rotatable bonds is 4. The van der Waals surface area contributed by atoms with Crippen molar-refractivity contribution >= 4 is 33.1 Å². The van der Waals surface area contributed by atoms with E-state index >= 15 is 0 Å². The standard InChI is InChI=1S/C30H23NO3/c1-34-23-15-16-28-27(18-23)30(33,22-11-3-2-4-12-22)29(32)31(28)19-26-24-13-7-5-9-20(24)17-21-10-6-8-14-25(21)26/h2-18,33H,19H2,1H3/t30-/m1/s1. The Morgan fingerprint density at radius 2 is 1.41 bits per heavy atom. The second-order valence-corrected chi connectivity index (χ2v) is 8.65. The molecule has 0 aliphatic carbocycles. The van der Waals surface area contributed by atoms with Crippen LogP contribution in [-0.4, -0.2) is 18.1 Å². The molecular weight excluding hydrogens is 422 g/mol. The molecule has 4 nitrogen and oxygen atoms in total. The van der Waals surface area contributed by atoms with Gasteiger partial charge in [-0.25, -0.2) is 0 Å². The Hall–Kier alpha value is -4.15. The van der Waals surface area contributed by atoms with Crippen LogP contribution in [-0.2, 0) is 16.9 Å². The number of hydrogen-bond acceptors (Lipinski definition) is 3. The summed E-state index contributed by atoms with van der Waals surface area (Å²) in [5, 5.41) is 16.4. The summed E-state index contributed by atoms with van der Waals surface area (Å²) < 4.78 is 5.43. The number of methoxy groups -OCH3 is 1. The summed E-state index contributed by atoms with van der Waals surface area (Å²) >= 11 is 0. The van der Waals surface area contributed by atoms with E-state index in [9.17, 15) is 9.90 Å².